The second-order valence-corrected chi connectivity index (χ2v) is 7.13. The number of hydrogen-bond donors (Lipinski definition) is 1. The minimum Gasteiger partial charge on any atom is -0.469 e. The molecule has 0 heterocycles. The number of methoxy groups -OCH3 is 1. The van der Waals surface area contributed by atoms with E-state index in [0.29, 0.717) is 12.8 Å². The molecular weight excluding hydrogens is 340 g/mol. The molecule has 0 saturated heterocycles. The van der Waals surface area contributed by atoms with Crippen molar-refractivity contribution >= 4 is 17.7 Å². The second-order valence-electron chi connectivity index (χ2n) is 7.13. The van der Waals surface area contributed by atoms with Crippen LogP contribution in [0.4, 0.5) is 10.5 Å². The number of nitrogens with one attached hydrogen (secondary N) is 1. The number of rotatable bonds is 7. The summed E-state index contributed by atoms with van der Waals surface area (Å²) in [4.78, 5) is 34.1. The third kappa shape index (κ3) is 7.50. The number of ether oxygens (including phenoxy) is 2. The van der Waals surface area contributed by atoms with Gasteiger partial charge in [-0.15, -0.1) is 0 Å². The van der Waals surface area contributed by atoms with Crippen molar-refractivity contribution in [3.63, 3.8) is 0 Å². The Kier molecular flexibility index (Phi) is 7.55. The molecule has 0 spiro atoms. The van der Waals surface area contributed by atoms with Crippen molar-refractivity contribution in [3.05, 3.63) is 39.9 Å². The lowest BCUT2D eigenvalue weighted by Gasteiger charge is -2.25. The summed E-state index contributed by atoms with van der Waals surface area (Å²) in [5, 5.41) is 13.5. The highest BCUT2D eigenvalue weighted by molar-refractivity contribution is 5.72. The quantitative estimate of drug-likeness (QED) is 0.451. The zero-order valence-electron chi connectivity index (χ0n) is 15.8. The number of nitrogens with zero attached hydrogens (tertiary/aromatic N) is 1. The predicted molar refractivity (Wildman–Crippen MR) is 95.8 cm³/mol. The van der Waals surface area contributed by atoms with E-state index in [2.05, 4.69) is 5.32 Å². The van der Waals surface area contributed by atoms with Crippen LogP contribution in [0.3, 0.4) is 0 Å². The summed E-state index contributed by atoms with van der Waals surface area (Å²) in [6, 6.07) is 5.68. The maximum atomic E-state index is 12.1. The average molecular weight is 366 g/mol. The molecule has 0 aliphatic carbocycles. The molecule has 0 radical (unpaired) electrons. The molecule has 0 bridgehead atoms. The van der Waals surface area contributed by atoms with Crippen LogP contribution < -0.4 is 5.32 Å². The molecule has 144 valence electrons. The molecule has 0 aromatic heterocycles. The number of hydrogen-bond acceptors (Lipinski definition) is 6. The van der Waals surface area contributed by atoms with E-state index in [-0.39, 0.29) is 17.7 Å². The van der Waals surface area contributed by atoms with Crippen molar-refractivity contribution in [3.8, 4) is 0 Å². The van der Waals surface area contributed by atoms with Gasteiger partial charge in [0, 0.05) is 18.2 Å². The average Bonchev–Trinajstić information content (AvgIpc) is 2.52. The molecule has 1 unspecified atom stereocenters. The summed E-state index contributed by atoms with van der Waals surface area (Å²) >= 11 is 0. The van der Waals surface area contributed by atoms with E-state index in [1.54, 1.807) is 39.8 Å². The second kappa shape index (κ2) is 9.17. The van der Waals surface area contributed by atoms with Crippen molar-refractivity contribution in [1.29, 1.82) is 0 Å². The van der Waals surface area contributed by atoms with Gasteiger partial charge in [-0.05, 0) is 39.2 Å². The fraction of sp³-hybridized carbons (Fsp3) is 0.556. The normalized spacial score (nSPS) is 13.4. The van der Waals surface area contributed by atoms with Gasteiger partial charge in [-0.2, -0.15) is 0 Å². The van der Waals surface area contributed by atoms with E-state index in [1.165, 1.54) is 19.2 Å². The van der Waals surface area contributed by atoms with Gasteiger partial charge in [-0.1, -0.05) is 19.1 Å². The van der Waals surface area contributed by atoms with Gasteiger partial charge in [0.2, 0.25) is 0 Å². The van der Waals surface area contributed by atoms with Gasteiger partial charge in [-0.25, -0.2) is 4.79 Å². The number of carbonyl (C=O) groups is 2. The van der Waals surface area contributed by atoms with Crippen molar-refractivity contribution in [1.82, 2.24) is 5.32 Å². The summed E-state index contributed by atoms with van der Waals surface area (Å²) in [5.74, 6) is -0.789. The van der Waals surface area contributed by atoms with Crippen molar-refractivity contribution < 1.29 is 24.0 Å². The number of nitro groups is 1. The monoisotopic (exact) mass is 366 g/mol. The molecule has 0 saturated carbocycles. The Morgan fingerprint density at radius 1 is 1.23 bits per heavy atom. The Hall–Kier alpha value is -2.64. The first-order chi connectivity index (χ1) is 12.0. The molecule has 8 nitrogen and oxygen atoms in total. The number of non-ortho nitro benzene ring substituents is 1. The van der Waals surface area contributed by atoms with Crippen LogP contribution in [-0.2, 0) is 20.7 Å². The molecular formula is C18H26N2O6. The Balaban J connectivity index is 2.86. The minimum atomic E-state index is -0.643. The molecule has 1 N–H and O–H groups in total. The van der Waals surface area contributed by atoms with Crippen molar-refractivity contribution in [2.24, 2.45) is 5.92 Å². The molecule has 0 aliphatic rings. The zero-order valence-corrected chi connectivity index (χ0v) is 15.8. The molecule has 0 fully saturated rings. The molecule has 1 rings (SSSR count). The third-order valence-corrected chi connectivity index (χ3v) is 3.59. The van der Waals surface area contributed by atoms with Crippen LogP contribution in [0.1, 0.15) is 39.7 Å². The number of alkyl carbamates (subject to hydrolysis) is 1. The predicted octanol–water partition coefficient (Wildman–Crippen LogP) is 3.23. The first-order valence-corrected chi connectivity index (χ1v) is 8.32. The van der Waals surface area contributed by atoms with E-state index >= 15 is 0 Å². The first-order valence-electron chi connectivity index (χ1n) is 8.32. The highest BCUT2D eigenvalue weighted by atomic mass is 16.6. The van der Waals surface area contributed by atoms with Gasteiger partial charge in [0.15, 0.2) is 0 Å². The number of carbonyl (C=O) groups excluding carboxylic acids is 2. The summed E-state index contributed by atoms with van der Waals surface area (Å²) < 4.78 is 10.0. The van der Waals surface area contributed by atoms with E-state index in [1.807, 2.05) is 0 Å². The molecule has 1 aromatic carbocycles. The number of esters is 1. The van der Waals surface area contributed by atoms with Gasteiger partial charge in [-0.3, -0.25) is 14.9 Å². The van der Waals surface area contributed by atoms with Gasteiger partial charge in [0.1, 0.15) is 5.60 Å². The standard InChI is InChI=1S/C18H26N2O6/c1-12(16(21)25-5)10-14(19-17(22)26-18(2,3)4)11-13-6-8-15(9-7-13)20(23)24/h6-9,12,14H,10-11H2,1-5H3,(H,19,22)/t12?,14-/m1/s1. The summed E-state index contributed by atoms with van der Waals surface area (Å²) in [6.07, 6.45) is 0.169. The summed E-state index contributed by atoms with van der Waals surface area (Å²) in [7, 11) is 1.31. The molecule has 2 atom stereocenters. The van der Waals surface area contributed by atoms with Gasteiger partial charge >= 0.3 is 12.1 Å². The van der Waals surface area contributed by atoms with Crippen LogP contribution in [0, 0.1) is 16.0 Å². The highest BCUT2D eigenvalue weighted by Crippen LogP contribution is 2.17. The maximum Gasteiger partial charge on any atom is 0.407 e. The molecule has 1 amide bonds. The Bertz CT molecular complexity index is 636. The van der Waals surface area contributed by atoms with Gasteiger partial charge < -0.3 is 14.8 Å². The van der Waals surface area contributed by atoms with Crippen LogP contribution in [0.2, 0.25) is 0 Å². The lowest BCUT2D eigenvalue weighted by atomic mass is 9.96. The van der Waals surface area contributed by atoms with E-state index in [4.69, 9.17) is 9.47 Å². The summed E-state index contributed by atoms with van der Waals surface area (Å²) in [6.45, 7) is 6.99. The Morgan fingerprint density at radius 3 is 2.27 bits per heavy atom. The molecule has 8 heteroatoms. The molecule has 1 aromatic rings. The van der Waals surface area contributed by atoms with E-state index in [9.17, 15) is 19.7 Å². The van der Waals surface area contributed by atoms with Crippen molar-refractivity contribution in [2.75, 3.05) is 7.11 Å². The smallest absolute Gasteiger partial charge is 0.407 e. The van der Waals surface area contributed by atoms with Crippen LogP contribution in [0.25, 0.3) is 0 Å². The number of benzene rings is 1. The third-order valence-electron chi connectivity index (χ3n) is 3.59. The highest BCUT2D eigenvalue weighted by Gasteiger charge is 2.24. The van der Waals surface area contributed by atoms with E-state index < -0.39 is 22.5 Å². The molecule has 26 heavy (non-hydrogen) atoms. The fourth-order valence-electron chi connectivity index (χ4n) is 2.43. The number of nitro benzene ring substituents is 1. The van der Waals surface area contributed by atoms with Gasteiger partial charge in [0.05, 0.1) is 18.0 Å². The lowest BCUT2D eigenvalue weighted by Crippen LogP contribution is -2.41. The van der Waals surface area contributed by atoms with Crippen LogP contribution in [-0.4, -0.2) is 35.7 Å². The fourth-order valence-corrected chi connectivity index (χ4v) is 2.43. The van der Waals surface area contributed by atoms with Crippen molar-refractivity contribution in [2.45, 2.75) is 52.2 Å². The van der Waals surface area contributed by atoms with E-state index in [0.717, 1.165) is 5.56 Å². The Labute approximate surface area is 153 Å². The zero-order chi connectivity index (χ0) is 19.9. The SMILES string of the molecule is COC(=O)C(C)C[C@H](Cc1ccc([N+](=O)[O-])cc1)NC(=O)OC(C)(C)C. The topological polar surface area (TPSA) is 108 Å². The first kappa shape index (κ1) is 21.4. The summed E-state index contributed by atoms with van der Waals surface area (Å²) in [5.41, 5.74) is 0.151. The molecule has 0 aliphatic heterocycles. The Morgan fingerprint density at radius 2 is 1.81 bits per heavy atom. The van der Waals surface area contributed by atoms with Crippen LogP contribution in [0.15, 0.2) is 24.3 Å². The van der Waals surface area contributed by atoms with Crippen LogP contribution >= 0.6 is 0 Å². The van der Waals surface area contributed by atoms with Gasteiger partial charge in [0.25, 0.3) is 5.69 Å². The minimum absolute atomic E-state index is 0.00618. The lowest BCUT2D eigenvalue weighted by molar-refractivity contribution is -0.384. The largest absolute Gasteiger partial charge is 0.469 e. The van der Waals surface area contributed by atoms with Crippen LogP contribution in [0.5, 0.6) is 0 Å². The number of amides is 1. The maximum absolute atomic E-state index is 12.1.